The van der Waals surface area contributed by atoms with Gasteiger partial charge in [-0.3, -0.25) is 10.1 Å². The molecule has 4 aliphatic rings. The summed E-state index contributed by atoms with van der Waals surface area (Å²) < 4.78 is 7.32. The molecule has 0 aliphatic heterocycles. The van der Waals surface area contributed by atoms with Crippen LogP contribution in [0.1, 0.15) is 45.4 Å². The number of ether oxygens (including phenoxy) is 1. The van der Waals surface area contributed by atoms with Crippen molar-refractivity contribution in [3.63, 3.8) is 0 Å². The Morgan fingerprint density at radius 3 is 2.50 bits per heavy atom. The highest BCUT2D eigenvalue weighted by atomic mass is 32.2. The standard InChI is InChI=1S/C24H32N4O3S/c1-15(32-23-25-19-5-3-4-6-20(19)28(23)7-8-31-2)21(29)26-22(30)27-24-12-16-9-17(13-24)11-18(10-16)14-24/h3-6,15-18H,7-14H2,1-2H3,(H2,26,27,29,30). The van der Waals surface area contributed by atoms with Crippen LogP contribution in [0.4, 0.5) is 4.79 Å². The minimum absolute atomic E-state index is 0.108. The molecule has 1 aromatic carbocycles. The van der Waals surface area contributed by atoms with Crippen LogP contribution in [0, 0.1) is 17.8 Å². The van der Waals surface area contributed by atoms with E-state index in [0.717, 1.165) is 53.2 Å². The van der Waals surface area contributed by atoms with E-state index in [4.69, 9.17) is 9.72 Å². The Hall–Kier alpha value is -2.06. The van der Waals surface area contributed by atoms with Crippen LogP contribution >= 0.6 is 11.8 Å². The molecule has 0 radical (unpaired) electrons. The summed E-state index contributed by atoms with van der Waals surface area (Å²) in [7, 11) is 1.67. The Morgan fingerprint density at radius 1 is 1.19 bits per heavy atom. The zero-order chi connectivity index (χ0) is 22.3. The number of thioether (sulfide) groups is 1. The molecule has 2 N–H and O–H groups in total. The van der Waals surface area contributed by atoms with Crippen molar-refractivity contribution in [2.24, 2.45) is 17.8 Å². The zero-order valence-corrected chi connectivity index (χ0v) is 19.6. The Kier molecular flexibility index (Phi) is 5.92. The first-order valence-electron chi connectivity index (χ1n) is 11.7. The van der Waals surface area contributed by atoms with E-state index in [1.807, 2.05) is 31.2 Å². The summed E-state index contributed by atoms with van der Waals surface area (Å²) in [6, 6.07) is 7.57. The Balaban J connectivity index is 1.22. The predicted molar refractivity (Wildman–Crippen MR) is 125 cm³/mol. The number of nitrogens with one attached hydrogen (secondary N) is 2. The topological polar surface area (TPSA) is 85.2 Å². The fourth-order valence-electron chi connectivity index (χ4n) is 6.50. The van der Waals surface area contributed by atoms with Crippen LogP contribution in [-0.4, -0.2) is 46.0 Å². The smallest absolute Gasteiger partial charge is 0.321 e. The van der Waals surface area contributed by atoms with E-state index in [2.05, 4.69) is 15.2 Å². The van der Waals surface area contributed by atoms with Crippen molar-refractivity contribution in [2.75, 3.05) is 13.7 Å². The van der Waals surface area contributed by atoms with E-state index >= 15 is 0 Å². The molecule has 8 heteroatoms. The van der Waals surface area contributed by atoms with Crippen LogP contribution in [0.25, 0.3) is 11.0 Å². The van der Waals surface area contributed by atoms with Crippen LogP contribution in [0.15, 0.2) is 29.4 Å². The van der Waals surface area contributed by atoms with E-state index in [1.165, 1.54) is 31.0 Å². The fraction of sp³-hybridized carbons (Fsp3) is 0.625. The fourth-order valence-corrected chi connectivity index (χ4v) is 7.45. The molecule has 6 rings (SSSR count). The lowest BCUT2D eigenvalue weighted by atomic mass is 9.53. The normalized spacial score (nSPS) is 29.2. The molecule has 172 valence electrons. The number of carbonyl (C=O) groups excluding carboxylic acids is 2. The highest BCUT2D eigenvalue weighted by molar-refractivity contribution is 8.00. The summed E-state index contributed by atoms with van der Waals surface area (Å²) in [4.78, 5) is 30.3. The van der Waals surface area contributed by atoms with Gasteiger partial charge in [0, 0.05) is 19.2 Å². The number of fused-ring (bicyclic) bond motifs is 1. The molecule has 1 atom stereocenters. The molecular formula is C24H32N4O3S. The van der Waals surface area contributed by atoms with Crippen LogP contribution in [-0.2, 0) is 16.1 Å². The third-order valence-corrected chi connectivity index (χ3v) is 8.53. The highest BCUT2D eigenvalue weighted by Crippen LogP contribution is 2.55. The van der Waals surface area contributed by atoms with Gasteiger partial charge in [-0.15, -0.1) is 0 Å². The molecule has 1 aromatic heterocycles. The Bertz CT molecular complexity index is 985. The number of aromatic nitrogens is 2. The van der Waals surface area contributed by atoms with E-state index in [1.54, 1.807) is 7.11 Å². The molecule has 1 unspecified atom stereocenters. The zero-order valence-electron chi connectivity index (χ0n) is 18.8. The molecule has 0 saturated heterocycles. The van der Waals surface area contributed by atoms with Gasteiger partial charge in [0.25, 0.3) is 0 Å². The number of amides is 3. The lowest BCUT2D eigenvalue weighted by molar-refractivity contribution is -0.119. The van der Waals surface area contributed by atoms with Crippen molar-refractivity contribution >= 4 is 34.7 Å². The number of para-hydroxylation sites is 2. The second-order valence-electron chi connectivity index (χ2n) is 9.93. The molecule has 4 fully saturated rings. The van der Waals surface area contributed by atoms with E-state index in [-0.39, 0.29) is 17.5 Å². The van der Waals surface area contributed by atoms with Crippen LogP contribution in [0.5, 0.6) is 0 Å². The van der Waals surface area contributed by atoms with Gasteiger partial charge in [0.05, 0.1) is 22.9 Å². The van der Waals surface area contributed by atoms with Gasteiger partial charge in [-0.25, -0.2) is 9.78 Å². The number of urea groups is 1. The molecule has 4 bridgehead atoms. The molecule has 4 saturated carbocycles. The minimum Gasteiger partial charge on any atom is -0.383 e. The first-order valence-corrected chi connectivity index (χ1v) is 12.6. The number of methoxy groups -OCH3 is 1. The van der Waals surface area contributed by atoms with Gasteiger partial charge in [0.2, 0.25) is 5.91 Å². The summed E-state index contributed by atoms with van der Waals surface area (Å²) in [6.45, 7) is 3.03. The summed E-state index contributed by atoms with van der Waals surface area (Å²) in [5.74, 6) is 1.94. The number of benzene rings is 1. The molecule has 2 aromatic rings. The molecule has 3 amide bonds. The molecule has 0 spiro atoms. The van der Waals surface area contributed by atoms with Gasteiger partial charge in [-0.05, 0) is 75.3 Å². The van der Waals surface area contributed by atoms with Crippen LogP contribution < -0.4 is 10.6 Å². The van der Waals surface area contributed by atoms with Crippen molar-refractivity contribution < 1.29 is 14.3 Å². The van der Waals surface area contributed by atoms with Gasteiger partial charge < -0.3 is 14.6 Å². The van der Waals surface area contributed by atoms with E-state index in [0.29, 0.717) is 13.2 Å². The number of hydrogen-bond donors (Lipinski definition) is 2. The van der Waals surface area contributed by atoms with E-state index in [9.17, 15) is 9.59 Å². The van der Waals surface area contributed by atoms with Crippen LogP contribution in [0.2, 0.25) is 0 Å². The second-order valence-corrected chi connectivity index (χ2v) is 11.2. The minimum atomic E-state index is -0.449. The van der Waals surface area contributed by atoms with Crippen molar-refractivity contribution in [1.82, 2.24) is 20.2 Å². The van der Waals surface area contributed by atoms with Crippen molar-refractivity contribution in [3.8, 4) is 0 Å². The lowest BCUT2D eigenvalue weighted by Crippen LogP contribution is -2.62. The first kappa shape index (κ1) is 21.8. The SMILES string of the molecule is COCCn1c(SC(C)C(=O)NC(=O)NC23CC4CC(CC(C4)C2)C3)nc2ccccc21. The number of carbonyl (C=O) groups is 2. The largest absolute Gasteiger partial charge is 0.383 e. The van der Waals surface area contributed by atoms with Crippen molar-refractivity contribution in [1.29, 1.82) is 0 Å². The van der Waals surface area contributed by atoms with Gasteiger partial charge in [-0.1, -0.05) is 23.9 Å². The van der Waals surface area contributed by atoms with Crippen LogP contribution in [0.3, 0.4) is 0 Å². The number of imidazole rings is 1. The molecular weight excluding hydrogens is 424 g/mol. The average Bonchev–Trinajstić information content (AvgIpc) is 3.07. The molecule has 4 aliphatic carbocycles. The number of nitrogens with zero attached hydrogens (tertiary/aromatic N) is 2. The quantitative estimate of drug-likeness (QED) is 0.616. The summed E-state index contributed by atoms with van der Waals surface area (Å²) in [5.41, 5.74) is 1.79. The highest BCUT2D eigenvalue weighted by Gasteiger charge is 2.51. The van der Waals surface area contributed by atoms with Gasteiger partial charge in [0.15, 0.2) is 5.16 Å². The average molecular weight is 457 g/mol. The maximum Gasteiger partial charge on any atom is 0.321 e. The van der Waals surface area contributed by atoms with Crippen molar-refractivity contribution in [2.45, 2.75) is 67.9 Å². The molecule has 32 heavy (non-hydrogen) atoms. The lowest BCUT2D eigenvalue weighted by Gasteiger charge is -2.56. The third-order valence-electron chi connectivity index (χ3n) is 7.44. The number of imide groups is 1. The Labute approximate surface area is 193 Å². The van der Waals surface area contributed by atoms with Gasteiger partial charge in [0.1, 0.15) is 0 Å². The third kappa shape index (κ3) is 4.27. The second kappa shape index (κ2) is 8.71. The molecule has 1 heterocycles. The van der Waals surface area contributed by atoms with Crippen molar-refractivity contribution in [3.05, 3.63) is 24.3 Å². The first-order chi connectivity index (χ1) is 15.4. The summed E-state index contributed by atoms with van der Waals surface area (Å²) >= 11 is 1.37. The summed E-state index contributed by atoms with van der Waals surface area (Å²) in [5, 5.41) is 6.13. The number of hydrogen-bond acceptors (Lipinski definition) is 5. The maximum absolute atomic E-state index is 12.8. The van der Waals surface area contributed by atoms with Gasteiger partial charge >= 0.3 is 6.03 Å². The summed E-state index contributed by atoms with van der Waals surface area (Å²) in [6.07, 6.45) is 7.15. The maximum atomic E-state index is 12.8. The van der Waals surface area contributed by atoms with E-state index < -0.39 is 5.25 Å². The number of rotatable bonds is 7. The molecule has 7 nitrogen and oxygen atoms in total. The van der Waals surface area contributed by atoms with Gasteiger partial charge in [-0.2, -0.15) is 0 Å². The monoisotopic (exact) mass is 456 g/mol. The predicted octanol–water partition coefficient (Wildman–Crippen LogP) is 3.96. The Morgan fingerprint density at radius 2 is 1.84 bits per heavy atom.